The van der Waals surface area contributed by atoms with Gasteiger partial charge in [-0.15, -0.1) is 0 Å². The normalized spacial score (nSPS) is 15.9. The van der Waals surface area contributed by atoms with Crippen LogP contribution in [-0.4, -0.2) is 59.8 Å². The number of allylic oxidation sites excluding steroid dienone is 4. The molecule has 1 saturated heterocycles. The fourth-order valence-electron chi connectivity index (χ4n) is 7.10. The minimum absolute atomic E-state index is 0.413. The molecule has 0 radical (unpaired) electrons. The SMILES string of the molecule is CCC/C=C(C)\C=C(/c1c(CCCC)ccc2c1c(C)c(CC)n2CCCCCCCCCN1CCN(CC)CC1)C(F)(F)F. The van der Waals surface area contributed by atoms with Gasteiger partial charge >= 0.3 is 6.18 Å². The molecular weight excluding hydrogens is 567 g/mol. The van der Waals surface area contributed by atoms with Gasteiger partial charge in [-0.25, -0.2) is 0 Å². The van der Waals surface area contributed by atoms with Gasteiger partial charge in [-0.05, 0) is 94.3 Å². The molecule has 2 aromatic rings. The minimum atomic E-state index is -4.43. The van der Waals surface area contributed by atoms with Gasteiger partial charge in [-0.2, -0.15) is 13.2 Å². The molecule has 0 bridgehead atoms. The van der Waals surface area contributed by atoms with Crippen molar-refractivity contribution in [2.75, 3.05) is 39.3 Å². The number of hydrogen-bond donors (Lipinski definition) is 0. The van der Waals surface area contributed by atoms with Crippen LogP contribution >= 0.6 is 0 Å². The van der Waals surface area contributed by atoms with Crippen LogP contribution in [0.2, 0.25) is 0 Å². The molecule has 1 fully saturated rings. The number of benzene rings is 1. The highest BCUT2D eigenvalue weighted by Crippen LogP contribution is 2.43. The van der Waals surface area contributed by atoms with Gasteiger partial charge in [-0.3, -0.25) is 0 Å². The minimum Gasteiger partial charge on any atom is -0.344 e. The molecule has 45 heavy (non-hydrogen) atoms. The zero-order valence-corrected chi connectivity index (χ0v) is 29.4. The van der Waals surface area contributed by atoms with Gasteiger partial charge in [0.05, 0.1) is 5.57 Å². The Morgan fingerprint density at radius 1 is 0.800 bits per heavy atom. The van der Waals surface area contributed by atoms with Crippen molar-refractivity contribution in [1.29, 1.82) is 0 Å². The predicted molar refractivity (Wildman–Crippen MR) is 188 cm³/mol. The lowest BCUT2D eigenvalue weighted by molar-refractivity contribution is -0.0689. The first-order chi connectivity index (χ1) is 21.7. The molecule has 1 aromatic heterocycles. The second-order valence-electron chi connectivity index (χ2n) is 13.2. The van der Waals surface area contributed by atoms with Gasteiger partial charge in [0.1, 0.15) is 0 Å². The molecule has 1 aromatic carbocycles. The highest BCUT2D eigenvalue weighted by atomic mass is 19.4. The Morgan fingerprint density at radius 2 is 1.42 bits per heavy atom. The summed E-state index contributed by atoms with van der Waals surface area (Å²) in [6.45, 7) is 20.5. The van der Waals surface area contributed by atoms with E-state index in [0.29, 0.717) is 17.6 Å². The van der Waals surface area contributed by atoms with Crippen LogP contribution in [0.4, 0.5) is 13.2 Å². The Kier molecular flexibility index (Phi) is 15.7. The Balaban J connectivity index is 1.72. The van der Waals surface area contributed by atoms with Gasteiger partial charge < -0.3 is 14.4 Å². The number of rotatable bonds is 19. The molecule has 0 atom stereocenters. The van der Waals surface area contributed by atoms with Crippen LogP contribution in [0.15, 0.2) is 29.9 Å². The number of fused-ring (bicyclic) bond motifs is 1. The van der Waals surface area contributed by atoms with Crippen LogP contribution < -0.4 is 0 Å². The third kappa shape index (κ3) is 10.7. The summed E-state index contributed by atoms with van der Waals surface area (Å²) in [5.41, 5.74) is 4.59. The maximum atomic E-state index is 14.9. The van der Waals surface area contributed by atoms with Crippen molar-refractivity contribution in [2.45, 2.75) is 138 Å². The molecule has 6 heteroatoms. The van der Waals surface area contributed by atoms with Gasteiger partial charge in [0.15, 0.2) is 0 Å². The molecule has 0 unspecified atom stereocenters. The Hall–Kier alpha value is -2.05. The van der Waals surface area contributed by atoms with Gasteiger partial charge in [0.2, 0.25) is 0 Å². The number of likely N-dealkylation sites (N-methyl/N-ethyl adjacent to an activating group) is 1. The molecular formula is C39H62F3N3. The lowest BCUT2D eigenvalue weighted by Crippen LogP contribution is -2.46. The fourth-order valence-corrected chi connectivity index (χ4v) is 7.10. The number of unbranched alkanes of at least 4 members (excludes halogenated alkanes) is 8. The van der Waals surface area contributed by atoms with E-state index in [2.05, 4.69) is 48.1 Å². The first-order valence-corrected chi connectivity index (χ1v) is 18.2. The molecule has 2 heterocycles. The van der Waals surface area contributed by atoms with Gasteiger partial charge in [0.25, 0.3) is 0 Å². The Bertz CT molecular complexity index is 1230. The third-order valence-electron chi connectivity index (χ3n) is 9.80. The maximum absolute atomic E-state index is 14.9. The summed E-state index contributed by atoms with van der Waals surface area (Å²) >= 11 is 0. The Morgan fingerprint density at radius 3 is 2.00 bits per heavy atom. The van der Waals surface area contributed by atoms with Crippen molar-refractivity contribution in [2.24, 2.45) is 0 Å². The quantitative estimate of drug-likeness (QED) is 0.113. The molecule has 1 aliphatic rings. The molecule has 3 rings (SSSR count). The predicted octanol–water partition coefficient (Wildman–Crippen LogP) is 10.9. The van der Waals surface area contributed by atoms with E-state index in [1.54, 1.807) is 6.92 Å². The van der Waals surface area contributed by atoms with Crippen molar-refractivity contribution in [3.05, 3.63) is 52.2 Å². The van der Waals surface area contributed by atoms with Crippen molar-refractivity contribution >= 4 is 16.5 Å². The van der Waals surface area contributed by atoms with E-state index >= 15 is 0 Å². The standard InChI is InChI=1S/C39H62F3N3/c1-7-11-20-31(5)30-34(39(40,41)42)38-33(21-12-8-2)22-23-36-37(38)32(6)35(9-3)45(36)25-19-17-15-13-14-16-18-24-44-28-26-43(10-4)27-29-44/h20,22-23,30H,7-19,21,24-29H2,1-6H3/b31-20-,34-30+. The van der Waals surface area contributed by atoms with Crippen molar-refractivity contribution in [3.8, 4) is 0 Å². The summed E-state index contributed by atoms with van der Waals surface area (Å²) < 4.78 is 46.9. The summed E-state index contributed by atoms with van der Waals surface area (Å²) in [5, 5.41) is 0.809. The van der Waals surface area contributed by atoms with Crippen LogP contribution in [0, 0.1) is 6.92 Å². The van der Waals surface area contributed by atoms with Crippen LogP contribution in [0.5, 0.6) is 0 Å². The average Bonchev–Trinajstić information content (AvgIpc) is 3.30. The monoisotopic (exact) mass is 629 g/mol. The summed E-state index contributed by atoms with van der Waals surface area (Å²) in [7, 11) is 0. The van der Waals surface area contributed by atoms with E-state index in [1.165, 1.54) is 83.1 Å². The van der Waals surface area contributed by atoms with E-state index in [4.69, 9.17) is 0 Å². The molecule has 1 aliphatic heterocycles. The highest BCUT2D eigenvalue weighted by Gasteiger charge is 2.37. The number of hydrogen-bond acceptors (Lipinski definition) is 2. The summed E-state index contributed by atoms with van der Waals surface area (Å²) in [6, 6.07) is 4.09. The maximum Gasteiger partial charge on any atom is 0.417 e. The molecule has 0 amide bonds. The fraction of sp³-hybridized carbons (Fsp3) is 0.692. The molecule has 3 nitrogen and oxygen atoms in total. The van der Waals surface area contributed by atoms with E-state index in [0.717, 1.165) is 73.5 Å². The van der Waals surface area contributed by atoms with Crippen molar-refractivity contribution in [3.63, 3.8) is 0 Å². The van der Waals surface area contributed by atoms with Crippen molar-refractivity contribution < 1.29 is 13.2 Å². The number of aromatic nitrogens is 1. The average molecular weight is 630 g/mol. The number of nitrogens with zero attached hydrogens (tertiary/aromatic N) is 3. The van der Waals surface area contributed by atoms with Crippen molar-refractivity contribution in [1.82, 2.24) is 14.4 Å². The first kappa shape index (κ1) is 37.4. The lowest BCUT2D eigenvalue weighted by atomic mass is 9.89. The highest BCUT2D eigenvalue weighted by molar-refractivity contribution is 5.99. The zero-order valence-electron chi connectivity index (χ0n) is 29.4. The number of halogens is 3. The topological polar surface area (TPSA) is 11.4 Å². The molecule has 0 saturated carbocycles. The van der Waals surface area contributed by atoms with Gasteiger partial charge in [-0.1, -0.05) is 90.4 Å². The second-order valence-corrected chi connectivity index (χ2v) is 13.2. The number of piperazine rings is 1. The van der Waals surface area contributed by atoms with Crippen LogP contribution in [0.25, 0.3) is 16.5 Å². The number of alkyl halides is 3. The zero-order chi connectivity index (χ0) is 32.8. The number of aryl methyl sites for hydroxylation is 3. The van der Waals surface area contributed by atoms with Crippen LogP contribution in [0.1, 0.15) is 128 Å². The summed E-state index contributed by atoms with van der Waals surface area (Å²) in [4.78, 5) is 5.16. The third-order valence-corrected chi connectivity index (χ3v) is 9.80. The van der Waals surface area contributed by atoms with Crippen LogP contribution in [-0.2, 0) is 19.4 Å². The van der Waals surface area contributed by atoms with E-state index < -0.39 is 11.7 Å². The van der Waals surface area contributed by atoms with E-state index in [-0.39, 0.29) is 0 Å². The van der Waals surface area contributed by atoms with Gasteiger partial charge in [0, 0.05) is 49.3 Å². The molecule has 0 spiro atoms. The molecule has 0 aliphatic carbocycles. The lowest BCUT2D eigenvalue weighted by Gasteiger charge is -2.33. The molecule has 254 valence electrons. The largest absolute Gasteiger partial charge is 0.417 e. The van der Waals surface area contributed by atoms with Crippen LogP contribution in [0.3, 0.4) is 0 Å². The summed E-state index contributed by atoms with van der Waals surface area (Å²) in [5.74, 6) is 0. The first-order valence-electron chi connectivity index (χ1n) is 18.2. The van der Waals surface area contributed by atoms with E-state index in [1.807, 2.05) is 19.1 Å². The Labute approximate surface area is 272 Å². The van der Waals surface area contributed by atoms with E-state index in [9.17, 15) is 13.2 Å². The molecule has 0 N–H and O–H groups in total. The smallest absolute Gasteiger partial charge is 0.344 e. The second kappa shape index (κ2) is 18.9. The summed E-state index contributed by atoms with van der Waals surface area (Å²) in [6.07, 6.45) is 12.5.